The molecule has 2 N–H and O–H groups in total. The highest BCUT2D eigenvalue weighted by Gasteiger charge is 2.25. The number of hydrogen-bond donors (Lipinski definition) is 2. The third-order valence-electron chi connectivity index (χ3n) is 5.26. The largest absolute Gasteiger partial charge is 0.496 e. The number of anilines is 1. The van der Waals surface area contributed by atoms with Crippen molar-refractivity contribution in [3.63, 3.8) is 0 Å². The lowest BCUT2D eigenvalue weighted by Gasteiger charge is -2.28. The van der Waals surface area contributed by atoms with Crippen LogP contribution in [-0.4, -0.2) is 32.8 Å². The fourth-order valence-electron chi connectivity index (χ4n) is 3.48. The zero-order chi connectivity index (χ0) is 20.3. The van der Waals surface area contributed by atoms with E-state index in [-0.39, 0.29) is 11.0 Å². The van der Waals surface area contributed by atoms with Crippen molar-refractivity contribution in [3.8, 4) is 11.5 Å². The molecule has 1 saturated carbocycles. The van der Waals surface area contributed by atoms with Crippen LogP contribution in [-0.2, 0) is 10.0 Å². The van der Waals surface area contributed by atoms with Crippen molar-refractivity contribution in [2.45, 2.75) is 56.6 Å². The second kappa shape index (κ2) is 8.41. The molecular weight excluding hydrogens is 378 g/mol. The lowest BCUT2D eigenvalue weighted by molar-refractivity contribution is 0.00688. The normalized spacial score (nSPS) is 19.9. The van der Waals surface area contributed by atoms with Crippen LogP contribution >= 0.6 is 0 Å². The first-order valence-corrected chi connectivity index (χ1v) is 10.9. The fraction of sp³-hybridized carbons (Fsp3) is 0.429. The molecular formula is C21H27NO5S. The summed E-state index contributed by atoms with van der Waals surface area (Å²) in [6.07, 6.45) is 2.98. The molecule has 1 aliphatic rings. The molecule has 0 aromatic heterocycles. The Bertz CT molecular complexity index is 925. The van der Waals surface area contributed by atoms with Crippen molar-refractivity contribution in [1.82, 2.24) is 0 Å². The summed E-state index contributed by atoms with van der Waals surface area (Å²) in [5, 5.41) is 10.0. The molecule has 0 radical (unpaired) electrons. The van der Waals surface area contributed by atoms with Gasteiger partial charge < -0.3 is 14.6 Å². The van der Waals surface area contributed by atoms with E-state index in [2.05, 4.69) is 4.72 Å². The van der Waals surface area contributed by atoms with Gasteiger partial charge in [-0.2, -0.15) is 0 Å². The zero-order valence-corrected chi connectivity index (χ0v) is 17.3. The average molecular weight is 406 g/mol. The van der Waals surface area contributed by atoms with Crippen molar-refractivity contribution in [1.29, 1.82) is 0 Å². The molecule has 0 bridgehead atoms. The van der Waals surface area contributed by atoms with Gasteiger partial charge in [-0.1, -0.05) is 6.42 Å². The Hall–Kier alpha value is -2.25. The molecule has 1 aliphatic carbocycles. The zero-order valence-electron chi connectivity index (χ0n) is 16.4. The van der Waals surface area contributed by atoms with Crippen LogP contribution in [0.1, 0.15) is 36.8 Å². The smallest absolute Gasteiger partial charge is 0.262 e. The van der Waals surface area contributed by atoms with Gasteiger partial charge in [0.15, 0.2) is 0 Å². The number of nitrogens with one attached hydrogen (secondary N) is 1. The number of aliphatic hydroxyl groups excluding tert-OH is 1. The molecule has 0 unspecified atom stereocenters. The van der Waals surface area contributed by atoms with Crippen LogP contribution in [0.5, 0.6) is 11.5 Å². The van der Waals surface area contributed by atoms with E-state index in [4.69, 9.17) is 9.47 Å². The van der Waals surface area contributed by atoms with Gasteiger partial charge in [0.2, 0.25) is 0 Å². The molecule has 6 nitrogen and oxygen atoms in total. The average Bonchev–Trinajstić information content (AvgIpc) is 2.67. The van der Waals surface area contributed by atoms with E-state index in [1.54, 1.807) is 50.4 Å². The number of methoxy groups -OCH3 is 1. The minimum atomic E-state index is -3.73. The van der Waals surface area contributed by atoms with E-state index in [1.807, 2.05) is 6.92 Å². The van der Waals surface area contributed by atoms with E-state index >= 15 is 0 Å². The van der Waals surface area contributed by atoms with Gasteiger partial charge in [-0.05, 0) is 80.6 Å². The van der Waals surface area contributed by atoms with E-state index in [0.29, 0.717) is 22.7 Å². The van der Waals surface area contributed by atoms with Gasteiger partial charge in [0, 0.05) is 5.69 Å². The highest BCUT2D eigenvalue weighted by molar-refractivity contribution is 7.92. The molecule has 0 amide bonds. The highest BCUT2D eigenvalue weighted by Crippen LogP contribution is 2.29. The maximum Gasteiger partial charge on any atom is 0.262 e. The Balaban J connectivity index is 1.73. The summed E-state index contributed by atoms with van der Waals surface area (Å²) >= 11 is 0. The Morgan fingerprint density at radius 3 is 2.32 bits per heavy atom. The Morgan fingerprint density at radius 1 is 1.00 bits per heavy atom. The summed E-state index contributed by atoms with van der Waals surface area (Å²) in [5.74, 6) is 1.27. The molecule has 1 fully saturated rings. The number of aliphatic hydroxyl groups is 1. The molecule has 0 heterocycles. The standard InChI is InChI=1S/C21H27NO5S/c1-14-15(2)21(13-12-19(14)26-3)28(24,25)22-16-8-10-17(11-9-16)27-20-7-5-4-6-18(20)23/h8-13,18,20,22-23H,4-7H2,1-3H3/t18-,20-/m0/s1. The summed E-state index contributed by atoms with van der Waals surface area (Å²) in [7, 11) is -2.17. The third-order valence-corrected chi connectivity index (χ3v) is 6.78. The van der Waals surface area contributed by atoms with E-state index in [0.717, 1.165) is 31.2 Å². The minimum absolute atomic E-state index is 0.207. The second-order valence-electron chi connectivity index (χ2n) is 7.15. The Labute approximate surface area is 166 Å². The predicted octanol–water partition coefficient (Wildman–Crippen LogP) is 3.80. The minimum Gasteiger partial charge on any atom is -0.496 e. The first kappa shape index (κ1) is 20.5. The van der Waals surface area contributed by atoms with E-state index in [9.17, 15) is 13.5 Å². The van der Waals surface area contributed by atoms with Gasteiger partial charge in [0.25, 0.3) is 10.0 Å². The SMILES string of the molecule is COc1ccc(S(=O)(=O)Nc2ccc(O[C@H]3CCCC[C@@H]3O)cc2)c(C)c1C. The van der Waals surface area contributed by atoms with Crippen LogP contribution in [0.2, 0.25) is 0 Å². The summed E-state index contributed by atoms with van der Waals surface area (Å²) in [4.78, 5) is 0.219. The Kier molecular flexibility index (Phi) is 6.15. The summed E-state index contributed by atoms with van der Waals surface area (Å²) in [5.41, 5.74) is 1.89. The van der Waals surface area contributed by atoms with Crippen LogP contribution < -0.4 is 14.2 Å². The molecule has 3 rings (SSSR count). The topological polar surface area (TPSA) is 84.9 Å². The lowest BCUT2D eigenvalue weighted by atomic mass is 9.95. The van der Waals surface area contributed by atoms with Crippen LogP contribution in [0.4, 0.5) is 5.69 Å². The molecule has 2 aromatic rings. The van der Waals surface area contributed by atoms with Gasteiger partial charge in [-0.25, -0.2) is 8.42 Å². The van der Waals surface area contributed by atoms with Gasteiger partial charge in [-0.3, -0.25) is 4.72 Å². The van der Waals surface area contributed by atoms with Gasteiger partial charge in [0.05, 0.1) is 18.1 Å². The summed E-state index contributed by atoms with van der Waals surface area (Å²) < 4.78 is 39.3. The van der Waals surface area contributed by atoms with E-state index < -0.39 is 16.1 Å². The summed E-state index contributed by atoms with van der Waals surface area (Å²) in [6, 6.07) is 9.95. The molecule has 7 heteroatoms. The first-order valence-electron chi connectivity index (χ1n) is 9.43. The Morgan fingerprint density at radius 2 is 1.68 bits per heavy atom. The quantitative estimate of drug-likeness (QED) is 0.764. The third kappa shape index (κ3) is 4.42. The lowest BCUT2D eigenvalue weighted by Crippen LogP contribution is -2.34. The van der Waals surface area contributed by atoms with Crippen LogP contribution in [0, 0.1) is 13.8 Å². The maximum absolute atomic E-state index is 12.8. The second-order valence-corrected chi connectivity index (χ2v) is 8.80. The number of hydrogen-bond acceptors (Lipinski definition) is 5. The van der Waals surface area contributed by atoms with Crippen molar-refractivity contribution in [2.24, 2.45) is 0 Å². The first-order chi connectivity index (χ1) is 13.3. The molecule has 28 heavy (non-hydrogen) atoms. The van der Waals surface area contributed by atoms with Gasteiger partial charge in [0.1, 0.15) is 17.6 Å². The van der Waals surface area contributed by atoms with Gasteiger partial charge >= 0.3 is 0 Å². The molecule has 2 atom stereocenters. The molecule has 0 aliphatic heterocycles. The number of sulfonamides is 1. The number of rotatable bonds is 6. The van der Waals surface area contributed by atoms with Crippen molar-refractivity contribution >= 4 is 15.7 Å². The number of ether oxygens (including phenoxy) is 2. The molecule has 152 valence electrons. The van der Waals surface area contributed by atoms with Crippen LogP contribution in [0.25, 0.3) is 0 Å². The number of benzene rings is 2. The molecule has 0 spiro atoms. The molecule has 2 aromatic carbocycles. The van der Waals surface area contributed by atoms with Crippen LogP contribution in [0.15, 0.2) is 41.3 Å². The fourth-order valence-corrected chi connectivity index (χ4v) is 4.84. The summed E-state index contributed by atoms with van der Waals surface area (Å²) in [6.45, 7) is 3.60. The maximum atomic E-state index is 12.8. The monoisotopic (exact) mass is 405 g/mol. The predicted molar refractivity (Wildman–Crippen MR) is 109 cm³/mol. The van der Waals surface area contributed by atoms with Crippen molar-refractivity contribution in [3.05, 3.63) is 47.5 Å². The van der Waals surface area contributed by atoms with Crippen molar-refractivity contribution in [2.75, 3.05) is 11.8 Å². The van der Waals surface area contributed by atoms with Crippen LogP contribution in [0.3, 0.4) is 0 Å². The van der Waals surface area contributed by atoms with Crippen molar-refractivity contribution < 1.29 is 23.0 Å². The van der Waals surface area contributed by atoms with Gasteiger partial charge in [-0.15, -0.1) is 0 Å². The highest BCUT2D eigenvalue weighted by atomic mass is 32.2. The molecule has 0 saturated heterocycles. The van der Waals surface area contributed by atoms with E-state index in [1.165, 1.54) is 0 Å².